The van der Waals surface area contributed by atoms with Gasteiger partial charge in [-0.15, -0.1) is 0 Å². The fourth-order valence-electron chi connectivity index (χ4n) is 1.35. The molecule has 0 spiro atoms. The van der Waals surface area contributed by atoms with Crippen molar-refractivity contribution in [2.24, 2.45) is 12.8 Å². The van der Waals surface area contributed by atoms with Gasteiger partial charge in [-0.3, -0.25) is 5.41 Å². The van der Waals surface area contributed by atoms with Crippen LogP contribution in [0.3, 0.4) is 0 Å². The first kappa shape index (κ1) is 11.7. The first-order valence-corrected chi connectivity index (χ1v) is 5.68. The fourth-order valence-corrected chi connectivity index (χ4v) is 2.28. The highest BCUT2D eigenvalue weighted by atomic mass is 32.2. The van der Waals surface area contributed by atoms with Crippen LogP contribution in [-0.4, -0.2) is 15.4 Å². The van der Waals surface area contributed by atoms with Gasteiger partial charge >= 0.3 is 0 Å². The molecule has 3 N–H and O–H groups in total. The molecule has 0 saturated carbocycles. The summed E-state index contributed by atoms with van der Waals surface area (Å²) >= 11 is 1.35. The van der Waals surface area contributed by atoms with Crippen LogP contribution in [-0.2, 0) is 7.05 Å². The topological polar surface area (TPSA) is 67.7 Å². The van der Waals surface area contributed by atoms with E-state index in [9.17, 15) is 4.39 Å². The van der Waals surface area contributed by atoms with Crippen LogP contribution in [0.4, 0.5) is 4.39 Å². The number of aromatic nitrogens is 2. The van der Waals surface area contributed by atoms with Crippen molar-refractivity contribution in [2.45, 2.75) is 10.1 Å². The van der Waals surface area contributed by atoms with Gasteiger partial charge in [-0.1, -0.05) is 11.8 Å². The molecule has 2 aromatic rings. The molecule has 2 rings (SSSR count). The molecule has 1 aromatic carbocycles. The molecule has 0 aliphatic carbocycles. The summed E-state index contributed by atoms with van der Waals surface area (Å²) < 4.78 is 14.9. The Morgan fingerprint density at radius 1 is 1.53 bits per heavy atom. The predicted molar refractivity (Wildman–Crippen MR) is 64.7 cm³/mol. The number of nitrogens with two attached hydrogens (primary N) is 1. The minimum Gasteiger partial charge on any atom is -0.384 e. The quantitative estimate of drug-likeness (QED) is 0.646. The molecule has 88 valence electrons. The van der Waals surface area contributed by atoms with Gasteiger partial charge in [0, 0.05) is 29.9 Å². The number of hydrogen-bond donors (Lipinski definition) is 2. The molecule has 17 heavy (non-hydrogen) atoms. The van der Waals surface area contributed by atoms with Crippen LogP contribution in [0, 0.1) is 11.2 Å². The van der Waals surface area contributed by atoms with E-state index in [1.807, 2.05) is 17.8 Å². The largest absolute Gasteiger partial charge is 0.384 e. The maximum Gasteiger partial charge on any atom is 0.172 e. The van der Waals surface area contributed by atoms with Crippen LogP contribution < -0.4 is 5.73 Å². The van der Waals surface area contributed by atoms with Crippen molar-refractivity contribution in [3.8, 4) is 0 Å². The molecule has 0 atom stereocenters. The summed E-state index contributed by atoms with van der Waals surface area (Å²) in [6.45, 7) is 0. The molecular formula is C11H11FN4S. The minimum atomic E-state index is -0.403. The van der Waals surface area contributed by atoms with Crippen molar-refractivity contribution in [3.63, 3.8) is 0 Å². The van der Waals surface area contributed by atoms with Crippen molar-refractivity contribution >= 4 is 17.6 Å². The monoisotopic (exact) mass is 250 g/mol. The molecule has 0 saturated heterocycles. The number of nitrogen functional groups attached to an aromatic ring is 1. The lowest BCUT2D eigenvalue weighted by atomic mass is 10.2. The van der Waals surface area contributed by atoms with E-state index in [2.05, 4.69) is 4.98 Å². The van der Waals surface area contributed by atoms with Crippen molar-refractivity contribution < 1.29 is 4.39 Å². The fraction of sp³-hybridized carbons (Fsp3) is 0.0909. The van der Waals surface area contributed by atoms with Gasteiger partial charge in [0.15, 0.2) is 5.16 Å². The second kappa shape index (κ2) is 4.58. The van der Waals surface area contributed by atoms with E-state index < -0.39 is 5.82 Å². The van der Waals surface area contributed by atoms with Gasteiger partial charge in [0.1, 0.15) is 11.7 Å². The van der Waals surface area contributed by atoms with Gasteiger partial charge in [-0.05, 0) is 18.2 Å². The van der Waals surface area contributed by atoms with Crippen molar-refractivity contribution in [1.82, 2.24) is 9.55 Å². The summed E-state index contributed by atoms with van der Waals surface area (Å²) in [7, 11) is 1.87. The minimum absolute atomic E-state index is 0.152. The molecule has 0 aliphatic rings. The Morgan fingerprint density at radius 2 is 2.29 bits per heavy atom. The Hall–Kier alpha value is -1.82. The van der Waals surface area contributed by atoms with Crippen molar-refractivity contribution in [1.29, 1.82) is 5.41 Å². The molecule has 0 unspecified atom stereocenters. The van der Waals surface area contributed by atoms with E-state index in [-0.39, 0.29) is 5.84 Å². The third-order valence-corrected chi connectivity index (χ3v) is 3.36. The Balaban J connectivity index is 2.39. The Morgan fingerprint density at radius 3 is 2.88 bits per heavy atom. The first-order chi connectivity index (χ1) is 8.08. The highest BCUT2D eigenvalue weighted by Crippen LogP contribution is 2.29. The van der Waals surface area contributed by atoms with Gasteiger partial charge in [0.25, 0.3) is 0 Å². The maximum atomic E-state index is 13.1. The lowest BCUT2D eigenvalue weighted by molar-refractivity contribution is 0.626. The van der Waals surface area contributed by atoms with Gasteiger partial charge < -0.3 is 10.3 Å². The molecule has 1 heterocycles. The number of nitrogens with one attached hydrogen (secondary N) is 1. The summed E-state index contributed by atoms with van der Waals surface area (Å²) in [5, 5.41) is 8.19. The van der Waals surface area contributed by atoms with E-state index in [1.165, 1.54) is 23.9 Å². The molecule has 0 aliphatic heterocycles. The third kappa shape index (κ3) is 2.47. The average molecular weight is 250 g/mol. The number of halogens is 1. The van der Waals surface area contributed by atoms with E-state index in [0.29, 0.717) is 10.5 Å². The molecule has 0 radical (unpaired) electrons. The summed E-state index contributed by atoms with van der Waals surface area (Å²) in [5.41, 5.74) is 5.81. The van der Waals surface area contributed by atoms with Crippen LogP contribution in [0.2, 0.25) is 0 Å². The molecule has 4 nitrogen and oxygen atoms in total. The van der Waals surface area contributed by atoms with Gasteiger partial charge in [-0.25, -0.2) is 9.37 Å². The second-order valence-electron chi connectivity index (χ2n) is 3.48. The number of imidazole rings is 1. The number of rotatable bonds is 3. The molecule has 0 fully saturated rings. The zero-order chi connectivity index (χ0) is 12.4. The lowest BCUT2D eigenvalue weighted by Gasteiger charge is -2.07. The van der Waals surface area contributed by atoms with Crippen LogP contribution in [0.15, 0.2) is 40.6 Å². The standard InChI is InChI=1S/C11H11FN4S/c1-16-5-4-15-11(16)17-9-3-2-7(12)6-8(9)10(13)14/h2-6H,1H3,(H3,13,14). The predicted octanol–water partition coefficient (Wildman–Crippen LogP) is 1.99. The summed E-state index contributed by atoms with van der Waals surface area (Å²) in [6.07, 6.45) is 3.50. The number of benzene rings is 1. The Kier molecular flexibility index (Phi) is 3.14. The van der Waals surface area contributed by atoms with Gasteiger partial charge in [0.05, 0.1) is 0 Å². The third-order valence-electron chi connectivity index (χ3n) is 2.21. The van der Waals surface area contributed by atoms with E-state index >= 15 is 0 Å². The summed E-state index contributed by atoms with van der Waals surface area (Å²) in [5.74, 6) is -0.555. The molecule has 6 heteroatoms. The van der Waals surface area contributed by atoms with Crippen molar-refractivity contribution in [2.75, 3.05) is 0 Å². The molecule has 1 aromatic heterocycles. The van der Waals surface area contributed by atoms with E-state index in [4.69, 9.17) is 11.1 Å². The lowest BCUT2D eigenvalue weighted by Crippen LogP contribution is -2.12. The molecular weight excluding hydrogens is 239 g/mol. The first-order valence-electron chi connectivity index (χ1n) is 4.87. The van der Waals surface area contributed by atoms with Crippen LogP contribution in [0.25, 0.3) is 0 Å². The molecule has 0 amide bonds. The van der Waals surface area contributed by atoms with Crippen LogP contribution >= 0.6 is 11.8 Å². The number of amidine groups is 1. The zero-order valence-electron chi connectivity index (χ0n) is 9.14. The van der Waals surface area contributed by atoms with E-state index in [0.717, 1.165) is 5.16 Å². The second-order valence-corrected chi connectivity index (χ2v) is 4.49. The number of nitrogens with zero attached hydrogens (tertiary/aromatic N) is 2. The average Bonchev–Trinajstić information content (AvgIpc) is 2.67. The molecule has 0 bridgehead atoms. The Bertz CT molecular complexity index is 564. The Labute approximate surface area is 102 Å². The summed E-state index contributed by atoms with van der Waals surface area (Å²) in [4.78, 5) is 4.87. The number of hydrogen-bond acceptors (Lipinski definition) is 3. The number of aryl methyl sites for hydroxylation is 1. The van der Waals surface area contributed by atoms with Gasteiger partial charge in [-0.2, -0.15) is 0 Å². The summed E-state index contributed by atoms with van der Waals surface area (Å²) in [6, 6.07) is 4.21. The smallest absolute Gasteiger partial charge is 0.172 e. The SMILES string of the molecule is Cn1ccnc1Sc1ccc(F)cc1C(=N)N. The van der Waals surface area contributed by atoms with E-state index in [1.54, 1.807) is 12.3 Å². The zero-order valence-corrected chi connectivity index (χ0v) is 9.96. The van der Waals surface area contributed by atoms with Gasteiger partial charge in [0.2, 0.25) is 0 Å². The highest BCUT2D eigenvalue weighted by Gasteiger charge is 2.10. The highest BCUT2D eigenvalue weighted by molar-refractivity contribution is 7.99. The maximum absolute atomic E-state index is 13.1. The van der Waals surface area contributed by atoms with Crippen molar-refractivity contribution in [3.05, 3.63) is 42.0 Å². The normalized spacial score (nSPS) is 10.5. The van der Waals surface area contributed by atoms with Crippen LogP contribution in [0.1, 0.15) is 5.56 Å². The van der Waals surface area contributed by atoms with Crippen LogP contribution in [0.5, 0.6) is 0 Å².